The molecule has 14 atom stereocenters. The molecule has 15 rings (SSSR count). The molecule has 13 nitrogen and oxygen atoms in total. The van der Waals surface area contributed by atoms with E-state index in [4.69, 9.17) is 25.9 Å². The van der Waals surface area contributed by atoms with E-state index in [0.29, 0.717) is 68.2 Å². The van der Waals surface area contributed by atoms with Crippen LogP contribution in [0.15, 0.2) is 168 Å². The second kappa shape index (κ2) is 26.0. The Balaban J connectivity index is 0.897. The predicted molar refractivity (Wildman–Crippen MR) is 357 cm³/mol. The van der Waals surface area contributed by atoms with E-state index in [9.17, 15) is 33.4 Å². The van der Waals surface area contributed by atoms with Crippen molar-refractivity contribution < 1.29 is 42.9 Å². The van der Waals surface area contributed by atoms with Gasteiger partial charge >= 0.3 is 0 Å². The molecule has 10 bridgehead atoms. The normalized spacial score (nSPS) is 28.4. The van der Waals surface area contributed by atoms with Gasteiger partial charge in [-0.25, -0.2) is 4.99 Å². The van der Waals surface area contributed by atoms with Gasteiger partial charge in [0.25, 0.3) is 10.1 Å². The average Bonchev–Trinajstić information content (AvgIpc) is 1.75. The topological polar surface area (TPSA) is 230 Å². The maximum Gasteiger partial charge on any atom is 0.268 e. The van der Waals surface area contributed by atoms with Gasteiger partial charge in [0.05, 0.1) is 23.1 Å². The van der Waals surface area contributed by atoms with Gasteiger partial charge in [-0.2, -0.15) is 8.42 Å². The van der Waals surface area contributed by atoms with Crippen molar-refractivity contribution in [2.45, 2.75) is 156 Å². The van der Waals surface area contributed by atoms with Crippen LogP contribution in [0.2, 0.25) is 0 Å². The van der Waals surface area contributed by atoms with Crippen LogP contribution in [0.3, 0.4) is 0 Å². The quantitative estimate of drug-likeness (QED) is 0.0167. The summed E-state index contributed by atoms with van der Waals surface area (Å²) < 4.78 is 55.6. The first-order valence-electron chi connectivity index (χ1n) is 32.9. The van der Waals surface area contributed by atoms with Gasteiger partial charge in [0.1, 0.15) is 17.6 Å². The Morgan fingerprint density at radius 1 is 0.846 bits per heavy atom. The molecule has 1 saturated carbocycles. The number of allylic oxidation sites excluding steroid dienone is 1. The number of hydrogen-bond acceptors (Lipinski definition) is 10. The van der Waals surface area contributed by atoms with Gasteiger partial charge in [-0.05, 0) is 210 Å². The number of benzene rings is 7. The molecular formula is C77H86N4O9S. The first-order chi connectivity index (χ1) is 43.9. The lowest BCUT2D eigenvalue weighted by Crippen LogP contribution is -2.48. The van der Waals surface area contributed by atoms with Crippen molar-refractivity contribution in [3.05, 3.63) is 225 Å². The number of nitrogens with zero attached hydrogens (tertiary/aromatic N) is 1. The summed E-state index contributed by atoms with van der Waals surface area (Å²) in [6.07, 6.45) is 7.93. The number of phenols is 1. The Morgan fingerprint density at radius 2 is 1.62 bits per heavy atom. The predicted octanol–water partition coefficient (Wildman–Crippen LogP) is 12.6. The number of fused-ring (bicyclic) bond motifs is 9. The highest BCUT2D eigenvalue weighted by molar-refractivity contribution is 7.86. The number of aliphatic hydroxyl groups is 3. The molecule has 0 amide bonds. The third-order valence-electron chi connectivity index (χ3n) is 21.5. The molecule has 7 aromatic carbocycles. The van der Waals surface area contributed by atoms with Crippen molar-refractivity contribution in [3.63, 3.8) is 0 Å². The van der Waals surface area contributed by atoms with E-state index < -0.39 is 56.7 Å². The second-order valence-corrected chi connectivity index (χ2v) is 29.1. The highest BCUT2D eigenvalue weighted by Gasteiger charge is 2.51. The van der Waals surface area contributed by atoms with E-state index >= 15 is 0 Å². The Hall–Kier alpha value is -7.32. The third-order valence-corrected chi connectivity index (χ3v) is 22.8. The van der Waals surface area contributed by atoms with Gasteiger partial charge in [0, 0.05) is 55.0 Å². The molecule has 7 aromatic rings. The SMILES string of the molecule is CNCc1cc(C[C@H](O)c2ccc([C@H]3CCC[C@](O)([C@H](Cc4ccccc4)C[C@]4(N=C(N)N)Oc5ccc6c(c5)CC[C@@H](C)[C@@H]6C[C@@H](S(=O)(=O)O)[C@H]5C=C6C[C@H](C[C@H]7C[C@@H](CO)CC#Cc8cc(O)ccc8[C@@H]6O7)[C@@H]5c5ccc4cc5)C3)cc2)c2ccccc2c1. The summed E-state index contributed by atoms with van der Waals surface area (Å²) in [4.78, 5) is 5.20. The molecule has 8 aliphatic rings. The smallest absolute Gasteiger partial charge is 0.268 e. The van der Waals surface area contributed by atoms with Crippen LogP contribution >= 0.6 is 0 Å². The number of aromatic hydroxyl groups is 1. The van der Waals surface area contributed by atoms with Crippen molar-refractivity contribution in [3.8, 4) is 23.3 Å². The van der Waals surface area contributed by atoms with Gasteiger partial charge in [0.2, 0.25) is 5.72 Å². The number of aliphatic hydroxyl groups excluding tert-OH is 2. The van der Waals surface area contributed by atoms with Gasteiger partial charge in [0.15, 0.2) is 5.96 Å². The molecule has 3 aliphatic carbocycles. The van der Waals surface area contributed by atoms with Gasteiger partial charge < -0.3 is 46.7 Å². The van der Waals surface area contributed by atoms with Crippen molar-refractivity contribution >= 4 is 26.9 Å². The summed E-state index contributed by atoms with van der Waals surface area (Å²) >= 11 is 0. The van der Waals surface area contributed by atoms with Gasteiger partial charge in [-0.1, -0.05) is 146 Å². The standard InChI is InChI=1S/C77H86N4O9S/c1-47-17-18-56-38-64-28-30-67(56)69(47)42-72(91(86,87)88)70-40-60-36-59(39-65-35-49(46-82)12-8-14-55-37-63(83)27-29-68(55)74(60)89-65)73(70)53-23-25-61(26-24-53)77(90-64,81-75(78)79)44-62(34-48-10-4-3-5-11-48)76(85)31-9-15-57(43-76)51-19-21-52(22-20-51)71(84)41-58-33-50(45-80-2)32-54-13-6-7-16-66(54)58/h3-7,10-11,13,16,19-30,32-33,37-38,40,47,49,57,59,62,65,69-74,80,82-85H,9,12,15,17-18,31,34-36,39,41-46H2,1-2H3,(H4,78,79,81)(H,86,87,88)/t47-,49+,57+,59-,62-,65-,69+,70-,71+,72-,73+,74-,76-,77+/m1/s1. The summed E-state index contributed by atoms with van der Waals surface area (Å²) in [5.41, 5.74) is 21.6. The van der Waals surface area contributed by atoms with Crippen LogP contribution in [0, 0.1) is 41.4 Å². The Labute approximate surface area is 535 Å². The molecular weight excluding hydrogens is 1160 g/mol. The monoisotopic (exact) mass is 1240 g/mol. The lowest BCUT2D eigenvalue weighted by Gasteiger charge is -2.46. The number of ether oxygens (including phenoxy) is 2. The number of phenolic OH excluding ortho intramolecular Hbond substituents is 1. The van der Waals surface area contributed by atoms with Crippen LogP contribution in [-0.4, -0.2) is 70.0 Å². The van der Waals surface area contributed by atoms with Crippen LogP contribution in [-0.2, 0) is 46.4 Å². The molecule has 5 aliphatic heterocycles. The summed E-state index contributed by atoms with van der Waals surface area (Å²) in [5, 5.41) is 51.5. The Kier molecular flexibility index (Phi) is 17.8. The van der Waals surface area contributed by atoms with E-state index in [1.807, 2.05) is 73.8 Å². The molecule has 1 saturated heterocycles. The number of guanidine groups is 1. The molecule has 474 valence electrons. The van der Waals surface area contributed by atoms with Crippen LogP contribution in [0.4, 0.5) is 0 Å². The zero-order chi connectivity index (χ0) is 63.2. The summed E-state index contributed by atoms with van der Waals surface area (Å²) in [6, 6.07) is 50.6. The molecule has 91 heavy (non-hydrogen) atoms. The minimum atomic E-state index is -4.72. The summed E-state index contributed by atoms with van der Waals surface area (Å²) in [5.74, 6) is 4.88. The fourth-order valence-corrected chi connectivity index (χ4v) is 18.2. The van der Waals surface area contributed by atoms with Gasteiger partial charge in [-0.3, -0.25) is 4.55 Å². The minimum absolute atomic E-state index is 0.000588. The van der Waals surface area contributed by atoms with Crippen LogP contribution in [0.25, 0.3) is 10.8 Å². The Morgan fingerprint density at radius 3 is 2.38 bits per heavy atom. The molecule has 10 N–H and O–H groups in total. The number of nitrogens with two attached hydrogens (primary N) is 2. The average molecular weight is 1240 g/mol. The number of rotatable bonds is 14. The number of aliphatic imine (C=N–C) groups is 1. The lowest BCUT2D eigenvalue weighted by atomic mass is 9.64. The summed E-state index contributed by atoms with van der Waals surface area (Å²) in [7, 11) is -2.78. The van der Waals surface area contributed by atoms with Crippen molar-refractivity contribution in [1.29, 1.82) is 0 Å². The van der Waals surface area contributed by atoms with Crippen molar-refractivity contribution in [2.24, 2.45) is 46.0 Å². The molecule has 14 heteroatoms. The fraction of sp³-hybridized carbons (Fsp3) is 0.416. The molecule has 0 spiro atoms. The van der Waals surface area contributed by atoms with E-state index in [1.165, 1.54) is 5.56 Å². The number of aryl methyl sites for hydroxylation is 1. The Bertz CT molecular complexity index is 4030. The van der Waals surface area contributed by atoms with Gasteiger partial charge in [-0.15, -0.1) is 0 Å². The largest absolute Gasteiger partial charge is 0.508 e. The first kappa shape index (κ1) is 62.5. The van der Waals surface area contributed by atoms with Crippen LogP contribution < -0.4 is 21.5 Å². The minimum Gasteiger partial charge on any atom is -0.508 e. The molecule has 0 unspecified atom stereocenters. The zero-order valence-corrected chi connectivity index (χ0v) is 52.9. The van der Waals surface area contributed by atoms with Crippen molar-refractivity contribution in [1.82, 2.24) is 5.32 Å². The fourth-order valence-electron chi connectivity index (χ4n) is 17.1. The number of nitrogens with one attached hydrogen (secondary N) is 1. The molecule has 2 fully saturated rings. The molecule has 0 aromatic heterocycles. The summed E-state index contributed by atoms with van der Waals surface area (Å²) in [6.45, 7) is 2.82. The first-order valence-corrected chi connectivity index (χ1v) is 34.4. The van der Waals surface area contributed by atoms with Crippen molar-refractivity contribution in [2.75, 3.05) is 13.7 Å². The third kappa shape index (κ3) is 13.1. The maximum absolute atomic E-state index is 14.5. The molecule has 5 heterocycles. The van der Waals surface area contributed by atoms with E-state index in [2.05, 4.69) is 103 Å². The van der Waals surface area contributed by atoms with Crippen LogP contribution in [0.1, 0.15) is 169 Å². The van der Waals surface area contributed by atoms with E-state index in [0.717, 1.165) is 93.1 Å². The lowest BCUT2D eigenvalue weighted by molar-refractivity contribution is -0.0834. The second-order valence-electron chi connectivity index (χ2n) is 27.4. The molecule has 0 radical (unpaired) electrons. The van der Waals surface area contributed by atoms with E-state index in [1.54, 1.807) is 12.1 Å². The highest BCUT2D eigenvalue weighted by Crippen LogP contribution is 2.56. The zero-order valence-electron chi connectivity index (χ0n) is 52.1. The van der Waals surface area contributed by atoms with Crippen LogP contribution in [0.5, 0.6) is 11.5 Å². The number of hydrogen-bond donors (Lipinski definition) is 8. The maximum atomic E-state index is 14.5. The van der Waals surface area contributed by atoms with E-state index in [-0.39, 0.29) is 66.9 Å². The highest BCUT2D eigenvalue weighted by atomic mass is 32.2.